The van der Waals surface area contributed by atoms with Crippen LogP contribution < -0.4 is 11.0 Å². The van der Waals surface area contributed by atoms with Crippen molar-refractivity contribution in [1.82, 2.24) is 19.8 Å². The first-order valence-corrected chi connectivity index (χ1v) is 13.3. The van der Waals surface area contributed by atoms with Gasteiger partial charge in [0.2, 0.25) is 0 Å². The average molecular weight is 491 g/mol. The minimum Gasteiger partial charge on any atom is -0.351 e. The van der Waals surface area contributed by atoms with E-state index in [0.29, 0.717) is 6.54 Å². The van der Waals surface area contributed by atoms with Crippen LogP contribution in [-0.2, 0) is 6.42 Å². The number of nitrogens with zero attached hydrogens (tertiary/aromatic N) is 2. The number of carbonyl (C=O) groups excluding carboxylic acids is 1. The highest BCUT2D eigenvalue weighted by Crippen LogP contribution is 2.41. The molecule has 1 amide bonds. The maximum atomic E-state index is 13.3. The van der Waals surface area contributed by atoms with Crippen molar-refractivity contribution >= 4 is 39.4 Å². The number of imidazole rings is 1. The second kappa shape index (κ2) is 8.89. The molecule has 0 bridgehead atoms. The number of fused-ring (bicyclic) bond motifs is 1. The summed E-state index contributed by atoms with van der Waals surface area (Å²) >= 11 is 0. The zero-order chi connectivity index (χ0) is 24.9. The van der Waals surface area contributed by atoms with Gasteiger partial charge >= 0.3 is 5.69 Å². The topological polar surface area (TPSA) is 70.1 Å². The van der Waals surface area contributed by atoms with Gasteiger partial charge in [0.1, 0.15) is 0 Å². The smallest absolute Gasteiger partial charge is 0.326 e. The van der Waals surface area contributed by atoms with Gasteiger partial charge in [0.05, 0.1) is 11.0 Å². The number of benzene rings is 3. The van der Waals surface area contributed by atoms with Crippen molar-refractivity contribution in [2.24, 2.45) is 0 Å². The highest BCUT2D eigenvalue weighted by atomic mass is 16.2. The van der Waals surface area contributed by atoms with Crippen LogP contribution in [0.5, 0.6) is 0 Å². The minimum absolute atomic E-state index is 0.0120. The Morgan fingerprint density at radius 1 is 1.03 bits per heavy atom. The van der Waals surface area contributed by atoms with Gasteiger partial charge in [0, 0.05) is 37.8 Å². The number of aromatic amines is 1. The Hall–Kier alpha value is -3.90. The summed E-state index contributed by atoms with van der Waals surface area (Å²) in [5.41, 5.74) is 7.75. The fourth-order valence-electron chi connectivity index (χ4n) is 6.50. The van der Waals surface area contributed by atoms with Crippen molar-refractivity contribution in [2.45, 2.75) is 31.7 Å². The lowest BCUT2D eigenvalue weighted by Gasteiger charge is -2.32. The van der Waals surface area contributed by atoms with Crippen LogP contribution in [0, 0.1) is 0 Å². The molecule has 7 rings (SSSR count). The van der Waals surface area contributed by atoms with Gasteiger partial charge in [-0.25, -0.2) is 4.79 Å². The van der Waals surface area contributed by atoms with E-state index >= 15 is 0 Å². The Balaban J connectivity index is 1.01. The molecule has 2 N–H and O–H groups in total. The molecule has 4 aromatic rings. The molecular formula is C31H30N4O2. The Morgan fingerprint density at radius 3 is 2.76 bits per heavy atom. The molecule has 37 heavy (non-hydrogen) atoms. The van der Waals surface area contributed by atoms with Crippen LogP contribution >= 0.6 is 0 Å². The zero-order valence-electron chi connectivity index (χ0n) is 20.8. The molecular weight excluding hydrogens is 460 g/mol. The van der Waals surface area contributed by atoms with Crippen LogP contribution in [0.15, 0.2) is 65.5 Å². The molecule has 1 saturated heterocycles. The molecule has 2 heterocycles. The van der Waals surface area contributed by atoms with Gasteiger partial charge in [-0.15, -0.1) is 0 Å². The van der Waals surface area contributed by atoms with Crippen molar-refractivity contribution < 1.29 is 4.79 Å². The molecule has 186 valence electrons. The van der Waals surface area contributed by atoms with Crippen LogP contribution in [0.25, 0.3) is 33.5 Å². The lowest BCUT2D eigenvalue weighted by atomic mass is 9.80. The van der Waals surface area contributed by atoms with Crippen LogP contribution in [0.2, 0.25) is 0 Å². The van der Waals surface area contributed by atoms with Gasteiger partial charge < -0.3 is 15.2 Å². The summed E-state index contributed by atoms with van der Waals surface area (Å²) in [7, 11) is 0. The Labute approximate surface area is 215 Å². The van der Waals surface area contributed by atoms with Crippen molar-refractivity contribution in [3.63, 3.8) is 0 Å². The summed E-state index contributed by atoms with van der Waals surface area (Å²) in [5.74, 6) is 0.0120. The summed E-state index contributed by atoms with van der Waals surface area (Å²) in [4.78, 5) is 31.2. The second-order valence-corrected chi connectivity index (χ2v) is 10.4. The molecule has 0 spiro atoms. The quantitative estimate of drug-likeness (QED) is 0.418. The van der Waals surface area contributed by atoms with E-state index in [1.165, 1.54) is 27.5 Å². The van der Waals surface area contributed by atoms with E-state index in [1.807, 2.05) is 34.9 Å². The van der Waals surface area contributed by atoms with E-state index in [2.05, 4.69) is 51.6 Å². The fraction of sp³-hybridized carbons (Fsp3) is 0.290. The molecule has 3 aromatic carbocycles. The summed E-state index contributed by atoms with van der Waals surface area (Å²) in [6.45, 7) is 3.26. The van der Waals surface area contributed by atoms with Gasteiger partial charge in [0.15, 0.2) is 0 Å². The first-order chi connectivity index (χ1) is 18.2. The van der Waals surface area contributed by atoms with E-state index in [0.717, 1.165) is 67.5 Å². The fourth-order valence-corrected chi connectivity index (χ4v) is 6.50. The molecule has 6 nitrogen and oxygen atoms in total. The summed E-state index contributed by atoms with van der Waals surface area (Å²) < 4.78 is 1.92. The average Bonchev–Trinajstić information content (AvgIpc) is 3.27. The highest BCUT2D eigenvalue weighted by Gasteiger charge is 2.25. The van der Waals surface area contributed by atoms with Gasteiger partial charge in [-0.3, -0.25) is 9.36 Å². The summed E-state index contributed by atoms with van der Waals surface area (Å²) in [5, 5.41) is 5.64. The number of nitrogens with one attached hydrogen (secondary N) is 2. The number of likely N-dealkylation sites (tertiary alicyclic amines) is 1. The molecule has 1 aromatic heterocycles. The Morgan fingerprint density at radius 2 is 1.86 bits per heavy atom. The molecule has 0 unspecified atom stereocenters. The first kappa shape index (κ1) is 22.3. The van der Waals surface area contributed by atoms with Crippen LogP contribution in [0.3, 0.4) is 0 Å². The Kier molecular flexibility index (Phi) is 5.36. The second-order valence-electron chi connectivity index (χ2n) is 10.4. The maximum absolute atomic E-state index is 13.3. The SMILES string of the molecule is O=C(NCCN1CCC(n2c(=O)[nH]c3ccccc32)CC1)c1ccc2ccc3c4c2c1CC=C4CC=C3. The third kappa shape index (κ3) is 3.75. The van der Waals surface area contributed by atoms with Crippen LogP contribution in [-0.4, -0.2) is 46.5 Å². The monoisotopic (exact) mass is 490 g/mol. The van der Waals surface area contributed by atoms with E-state index < -0.39 is 0 Å². The van der Waals surface area contributed by atoms with Crippen molar-refractivity contribution in [3.8, 4) is 0 Å². The number of aromatic nitrogens is 2. The minimum atomic E-state index is -0.0227. The Bertz CT molecular complexity index is 1660. The largest absolute Gasteiger partial charge is 0.351 e. The van der Waals surface area contributed by atoms with E-state index in [9.17, 15) is 9.59 Å². The van der Waals surface area contributed by atoms with Crippen molar-refractivity contribution in [2.75, 3.05) is 26.2 Å². The third-order valence-corrected chi connectivity index (χ3v) is 8.34. The third-order valence-electron chi connectivity index (χ3n) is 8.34. The lowest BCUT2D eigenvalue weighted by molar-refractivity contribution is 0.0943. The predicted octanol–water partition coefficient (Wildman–Crippen LogP) is 4.91. The van der Waals surface area contributed by atoms with Crippen LogP contribution in [0.4, 0.5) is 0 Å². The number of rotatable bonds is 5. The molecule has 2 aliphatic carbocycles. The molecule has 3 aliphatic rings. The predicted molar refractivity (Wildman–Crippen MR) is 149 cm³/mol. The standard InChI is InChI=1S/C31H30N4O2/c36-30(25-13-11-22-9-8-20-4-3-5-21-10-12-24(25)29(22)28(20)21)32-16-19-34-17-14-23(15-18-34)35-27-7-2-1-6-26(27)33-31(35)37/h1-4,6-11,13,23H,5,12,14-19H2,(H,32,36)(H,33,37). The highest BCUT2D eigenvalue weighted by molar-refractivity contribution is 6.08. The first-order valence-electron chi connectivity index (χ1n) is 13.3. The number of allylic oxidation sites excluding steroid dienone is 3. The normalized spacial score (nSPS) is 17.4. The number of piperidine rings is 1. The maximum Gasteiger partial charge on any atom is 0.326 e. The molecule has 1 fully saturated rings. The van der Waals surface area contributed by atoms with E-state index in [4.69, 9.17) is 0 Å². The molecule has 6 heteroatoms. The molecule has 0 radical (unpaired) electrons. The van der Waals surface area contributed by atoms with E-state index in [1.54, 1.807) is 0 Å². The van der Waals surface area contributed by atoms with Crippen molar-refractivity contribution in [3.05, 3.63) is 93.4 Å². The summed E-state index contributed by atoms with van der Waals surface area (Å²) in [6.07, 6.45) is 10.4. The number of hydrogen-bond donors (Lipinski definition) is 2. The van der Waals surface area contributed by atoms with Crippen molar-refractivity contribution in [1.29, 1.82) is 0 Å². The van der Waals surface area contributed by atoms with Gasteiger partial charge in [-0.1, -0.05) is 48.6 Å². The summed E-state index contributed by atoms with van der Waals surface area (Å²) in [6, 6.07) is 16.5. The van der Waals surface area contributed by atoms with Gasteiger partial charge in [0.25, 0.3) is 5.91 Å². The van der Waals surface area contributed by atoms with Gasteiger partial charge in [-0.2, -0.15) is 0 Å². The molecule has 0 atom stereocenters. The zero-order valence-corrected chi connectivity index (χ0v) is 20.8. The molecule has 1 aliphatic heterocycles. The van der Waals surface area contributed by atoms with Crippen LogP contribution in [0.1, 0.15) is 52.4 Å². The number of H-pyrrole nitrogens is 1. The molecule has 0 saturated carbocycles. The number of amides is 1. The van der Waals surface area contributed by atoms with Gasteiger partial charge in [-0.05, 0) is 76.9 Å². The number of carbonyl (C=O) groups is 1. The van der Waals surface area contributed by atoms with E-state index in [-0.39, 0.29) is 17.6 Å². The number of hydrogen-bond acceptors (Lipinski definition) is 3. The number of para-hydroxylation sites is 2. The lowest BCUT2D eigenvalue weighted by Crippen LogP contribution is -2.41.